The zero-order valence-corrected chi connectivity index (χ0v) is 19.8. The second kappa shape index (κ2) is 11.2. The number of nitrogens with two attached hydrogens (primary N) is 1. The number of nitrogens with one attached hydrogen (secondary N) is 2. The zero-order valence-electron chi connectivity index (χ0n) is 19.8. The lowest BCUT2D eigenvalue weighted by Crippen LogP contribution is -2.19. The fraction of sp³-hybridized carbons (Fsp3) is 0.280. The van der Waals surface area contributed by atoms with E-state index in [1.54, 1.807) is 25.4 Å². The van der Waals surface area contributed by atoms with Crippen molar-refractivity contribution in [1.82, 2.24) is 19.9 Å². The Morgan fingerprint density at radius 3 is 2.64 bits per heavy atom. The van der Waals surface area contributed by atoms with Gasteiger partial charge in [-0.3, -0.25) is 0 Å². The van der Waals surface area contributed by atoms with Crippen LogP contribution in [0.4, 0.5) is 17.3 Å². The van der Waals surface area contributed by atoms with Crippen LogP contribution in [0.5, 0.6) is 11.5 Å². The molecule has 0 atom stereocenters. The molecular formula is C25H32N6O2. The Morgan fingerprint density at radius 1 is 1.09 bits per heavy atom. The van der Waals surface area contributed by atoms with Crippen molar-refractivity contribution in [1.29, 1.82) is 0 Å². The highest BCUT2D eigenvalue weighted by molar-refractivity contribution is 5.94. The first kappa shape index (κ1) is 23.9. The second-order valence-corrected chi connectivity index (χ2v) is 7.38. The van der Waals surface area contributed by atoms with Crippen LogP contribution < -0.4 is 20.5 Å². The predicted octanol–water partition coefficient (Wildman–Crippen LogP) is 4.93. The molecule has 0 aliphatic heterocycles. The normalized spacial score (nSPS) is 10.6. The molecule has 174 valence electrons. The monoisotopic (exact) mass is 448 g/mol. The van der Waals surface area contributed by atoms with Gasteiger partial charge in [-0.05, 0) is 32.3 Å². The molecule has 2 heterocycles. The molecule has 4 N–H and O–H groups in total. The maximum Gasteiger partial charge on any atom is 0.227 e. The molecule has 0 amide bonds. The summed E-state index contributed by atoms with van der Waals surface area (Å²) in [7, 11) is 5.58. The number of nitrogen functional groups attached to an aromatic ring is 1. The van der Waals surface area contributed by atoms with Gasteiger partial charge in [-0.1, -0.05) is 32.0 Å². The minimum atomic E-state index is 0.446. The van der Waals surface area contributed by atoms with Gasteiger partial charge in [0.05, 0.1) is 24.2 Å². The molecule has 0 spiro atoms. The summed E-state index contributed by atoms with van der Waals surface area (Å²) in [4.78, 5) is 14.4. The van der Waals surface area contributed by atoms with Gasteiger partial charge in [0.1, 0.15) is 18.1 Å². The molecular weight excluding hydrogens is 416 g/mol. The lowest BCUT2D eigenvalue weighted by atomic mass is 10.1. The minimum Gasteiger partial charge on any atom is -0.494 e. The van der Waals surface area contributed by atoms with Crippen LogP contribution >= 0.6 is 0 Å². The fourth-order valence-electron chi connectivity index (χ4n) is 3.28. The van der Waals surface area contributed by atoms with Gasteiger partial charge in [0, 0.05) is 41.5 Å². The topological polar surface area (TPSA) is 101 Å². The van der Waals surface area contributed by atoms with Crippen LogP contribution in [-0.2, 0) is 0 Å². The molecule has 33 heavy (non-hydrogen) atoms. The number of para-hydroxylation sites is 1. The van der Waals surface area contributed by atoms with E-state index < -0.39 is 0 Å². The van der Waals surface area contributed by atoms with Crippen LogP contribution in [0.25, 0.3) is 22.2 Å². The second-order valence-electron chi connectivity index (χ2n) is 7.38. The van der Waals surface area contributed by atoms with Crippen LogP contribution in [0.15, 0.2) is 54.9 Å². The summed E-state index contributed by atoms with van der Waals surface area (Å²) in [5.41, 5.74) is 10.3. The number of ether oxygens (including phenoxy) is 2. The van der Waals surface area contributed by atoms with Crippen molar-refractivity contribution in [2.75, 3.05) is 45.4 Å². The molecule has 2 aromatic heterocycles. The number of rotatable bonds is 8. The van der Waals surface area contributed by atoms with E-state index in [0.717, 1.165) is 28.7 Å². The quantitative estimate of drug-likeness (QED) is 0.329. The van der Waals surface area contributed by atoms with Gasteiger partial charge in [-0.15, -0.1) is 0 Å². The predicted molar refractivity (Wildman–Crippen MR) is 135 cm³/mol. The van der Waals surface area contributed by atoms with Crippen molar-refractivity contribution in [2.45, 2.75) is 13.8 Å². The van der Waals surface area contributed by atoms with Gasteiger partial charge in [-0.2, -0.15) is 0 Å². The molecule has 0 saturated heterocycles. The summed E-state index contributed by atoms with van der Waals surface area (Å²) in [6, 6.07) is 13.5. The van der Waals surface area contributed by atoms with Gasteiger partial charge in [0.25, 0.3) is 0 Å². The smallest absolute Gasteiger partial charge is 0.227 e. The Labute approximate surface area is 194 Å². The van der Waals surface area contributed by atoms with E-state index in [-0.39, 0.29) is 0 Å². The van der Waals surface area contributed by atoms with Crippen molar-refractivity contribution < 1.29 is 9.47 Å². The number of anilines is 3. The first-order valence-electron chi connectivity index (χ1n) is 11.0. The number of hydrogen-bond donors (Lipinski definition) is 3. The van der Waals surface area contributed by atoms with Crippen LogP contribution in [-0.4, -0.2) is 54.2 Å². The Bertz CT molecular complexity index is 1190. The highest BCUT2D eigenvalue weighted by Crippen LogP contribution is 2.36. The SMILES string of the molecule is CC.COc1cc(OCCN(C)C)c(N)cc1Nc1nccc(-c2c[nH]c3ccccc23)n1. The number of fused-ring (bicyclic) bond motifs is 1. The molecule has 4 aromatic rings. The van der Waals surface area contributed by atoms with Gasteiger partial charge in [0.15, 0.2) is 0 Å². The summed E-state index contributed by atoms with van der Waals surface area (Å²) in [6.45, 7) is 5.32. The van der Waals surface area contributed by atoms with Crippen molar-refractivity contribution >= 4 is 28.2 Å². The summed E-state index contributed by atoms with van der Waals surface area (Å²) in [6.07, 6.45) is 3.68. The summed E-state index contributed by atoms with van der Waals surface area (Å²) >= 11 is 0. The lowest BCUT2D eigenvalue weighted by Gasteiger charge is -2.16. The molecule has 4 rings (SSSR count). The first-order chi connectivity index (χ1) is 16.0. The number of aromatic nitrogens is 3. The Hall–Kier alpha value is -3.78. The van der Waals surface area contributed by atoms with E-state index in [2.05, 4.69) is 26.3 Å². The van der Waals surface area contributed by atoms with Gasteiger partial charge >= 0.3 is 0 Å². The molecule has 0 unspecified atom stereocenters. The average molecular weight is 449 g/mol. The number of H-pyrrole nitrogens is 1. The summed E-state index contributed by atoms with van der Waals surface area (Å²) < 4.78 is 11.3. The first-order valence-corrected chi connectivity index (χ1v) is 11.0. The van der Waals surface area contributed by atoms with E-state index >= 15 is 0 Å². The van der Waals surface area contributed by atoms with Crippen molar-refractivity contribution in [2.24, 2.45) is 0 Å². The number of likely N-dealkylation sites (N-methyl/N-ethyl adjacent to an activating group) is 1. The van der Waals surface area contributed by atoms with E-state index in [1.807, 2.05) is 63.3 Å². The van der Waals surface area contributed by atoms with Crippen molar-refractivity contribution in [3.8, 4) is 22.8 Å². The minimum absolute atomic E-state index is 0.446. The average Bonchev–Trinajstić information content (AvgIpc) is 3.26. The number of benzene rings is 2. The zero-order chi connectivity index (χ0) is 23.8. The van der Waals surface area contributed by atoms with Crippen LogP contribution in [0.1, 0.15) is 13.8 Å². The number of nitrogens with zero attached hydrogens (tertiary/aromatic N) is 3. The van der Waals surface area contributed by atoms with Crippen molar-refractivity contribution in [3.05, 3.63) is 54.9 Å². The maximum atomic E-state index is 6.21. The van der Waals surface area contributed by atoms with E-state index in [9.17, 15) is 0 Å². The fourth-order valence-corrected chi connectivity index (χ4v) is 3.28. The molecule has 0 radical (unpaired) electrons. The van der Waals surface area contributed by atoms with E-state index in [0.29, 0.717) is 35.4 Å². The molecule has 0 fully saturated rings. The van der Waals surface area contributed by atoms with Crippen LogP contribution in [0.3, 0.4) is 0 Å². The molecule has 8 nitrogen and oxygen atoms in total. The molecule has 2 aromatic carbocycles. The number of methoxy groups -OCH3 is 1. The third-order valence-corrected chi connectivity index (χ3v) is 4.90. The van der Waals surface area contributed by atoms with Gasteiger partial charge in [0.2, 0.25) is 5.95 Å². The number of aromatic amines is 1. The van der Waals surface area contributed by atoms with E-state index in [1.165, 1.54) is 0 Å². The standard InChI is InChI=1S/C23H26N6O2.C2H6/c1-29(2)10-11-31-21-13-22(30-3)20(12-17(21)24)28-23-25-9-8-19(27-23)16-14-26-18-7-5-4-6-15(16)18;1-2/h4-9,12-14,26H,10-11,24H2,1-3H3,(H,25,27,28);1-2H3. The molecule has 0 bridgehead atoms. The Balaban J connectivity index is 0.00000149. The highest BCUT2D eigenvalue weighted by Gasteiger charge is 2.13. The molecule has 0 aliphatic rings. The summed E-state index contributed by atoms with van der Waals surface area (Å²) in [5.74, 6) is 1.62. The largest absolute Gasteiger partial charge is 0.494 e. The molecule has 0 saturated carbocycles. The maximum absolute atomic E-state index is 6.21. The Morgan fingerprint density at radius 2 is 1.88 bits per heavy atom. The van der Waals surface area contributed by atoms with Crippen LogP contribution in [0.2, 0.25) is 0 Å². The third kappa shape index (κ3) is 5.72. The molecule has 8 heteroatoms. The van der Waals surface area contributed by atoms with Crippen molar-refractivity contribution in [3.63, 3.8) is 0 Å². The van der Waals surface area contributed by atoms with E-state index in [4.69, 9.17) is 15.2 Å². The highest BCUT2D eigenvalue weighted by atomic mass is 16.5. The van der Waals surface area contributed by atoms with Gasteiger partial charge < -0.3 is 30.4 Å². The lowest BCUT2D eigenvalue weighted by molar-refractivity contribution is 0.261. The van der Waals surface area contributed by atoms with Crippen LogP contribution in [0, 0.1) is 0 Å². The number of hydrogen-bond acceptors (Lipinski definition) is 7. The summed E-state index contributed by atoms with van der Waals surface area (Å²) in [5, 5.41) is 4.32. The Kier molecular flexibility index (Phi) is 8.10. The molecule has 0 aliphatic carbocycles. The third-order valence-electron chi connectivity index (χ3n) is 4.90. The van der Waals surface area contributed by atoms with Gasteiger partial charge in [-0.25, -0.2) is 9.97 Å².